The Morgan fingerprint density at radius 2 is 1.83 bits per heavy atom. The van der Waals surface area contributed by atoms with Crippen LogP contribution in [0.4, 0.5) is 0 Å². The topological polar surface area (TPSA) is 73.3 Å². The maximum Gasteiger partial charge on any atom is 1.00 e. The number of hydrogen-bond donors (Lipinski definition) is 0. The monoisotopic (exact) mass is 290 g/mol. The Morgan fingerprint density at radius 3 is 2.28 bits per heavy atom. The molecule has 3 heterocycles. The summed E-state index contributed by atoms with van der Waals surface area (Å²) in [5, 5.41) is 12.0. The minimum atomic E-state index is -1.32. The summed E-state index contributed by atoms with van der Waals surface area (Å²) in [6.45, 7) is 0. The first-order chi connectivity index (χ1) is 8.16. The van der Waals surface area contributed by atoms with Crippen molar-refractivity contribution < 1.29 is 66.1 Å². The van der Waals surface area contributed by atoms with Crippen LogP contribution in [0.1, 0.15) is 46.0 Å². The third-order valence-corrected chi connectivity index (χ3v) is 4.41. The van der Waals surface area contributed by atoms with Gasteiger partial charge >= 0.3 is 51.4 Å². The van der Waals surface area contributed by atoms with Crippen molar-refractivity contribution >= 4 is 23.2 Å². The van der Waals surface area contributed by atoms with Crippen molar-refractivity contribution in [3.05, 3.63) is 16.1 Å². The van der Waals surface area contributed by atoms with Crippen LogP contribution in [-0.4, -0.2) is 33.8 Å². The van der Waals surface area contributed by atoms with Crippen molar-refractivity contribution in [3.8, 4) is 0 Å². The van der Waals surface area contributed by atoms with Crippen LogP contribution >= 0.6 is 11.3 Å². The number of aromatic nitrogens is 1. The molecule has 0 unspecified atom stereocenters. The van der Waals surface area contributed by atoms with Crippen LogP contribution in [0.2, 0.25) is 0 Å². The molecule has 0 radical (unpaired) electrons. The number of fused-ring (bicyclic) bond motifs is 2. The summed E-state index contributed by atoms with van der Waals surface area (Å²) in [5.74, 6) is -1.45. The summed E-state index contributed by atoms with van der Waals surface area (Å²) in [7, 11) is 0. The number of carboxylic acids is 1. The molecule has 2 saturated heterocycles. The molecule has 0 atom stereocenters. The second-order valence-corrected chi connectivity index (χ2v) is 5.36. The summed E-state index contributed by atoms with van der Waals surface area (Å²) in [5.41, 5.74) is 0.244. The fourth-order valence-electron chi connectivity index (χ4n) is 2.84. The smallest absolute Gasteiger partial charge is 0.542 e. The molecule has 2 bridgehead atoms. The molecule has 1 aromatic rings. The van der Waals surface area contributed by atoms with Gasteiger partial charge in [0.05, 0.1) is 0 Å². The molecule has 0 spiro atoms. The van der Waals surface area contributed by atoms with Gasteiger partial charge in [0.1, 0.15) is 16.7 Å². The molecule has 2 fully saturated rings. The number of aromatic carboxylic acids is 1. The van der Waals surface area contributed by atoms with E-state index in [1.54, 1.807) is 0 Å². The fourth-order valence-corrected chi connectivity index (χ4v) is 3.47. The third-order valence-electron chi connectivity index (χ3n) is 3.59. The molecular formula is C11H11KN2O3S. The minimum Gasteiger partial charge on any atom is -0.542 e. The summed E-state index contributed by atoms with van der Waals surface area (Å²) in [4.78, 5) is 28.5. The average Bonchev–Trinajstić information content (AvgIpc) is 3.03. The Bertz CT molecular complexity index is 470. The molecule has 0 aliphatic carbocycles. The standard InChI is InChI=1S/C11H12N2O3S.K/c14-10(8-5-17-9(12-8)11(15)16)13-6-1-2-7(13)4-3-6;/h5-7H,1-4H2,(H,15,16);/q;+1/p-1/t6-,7-;. The second-order valence-electron chi connectivity index (χ2n) is 4.50. The summed E-state index contributed by atoms with van der Waals surface area (Å²) >= 11 is 0.947. The van der Waals surface area contributed by atoms with Crippen molar-refractivity contribution in [3.63, 3.8) is 0 Å². The van der Waals surface area contributed by atoms with Gasteiger partial charge in [-0.05, 0) is 25.7 Å². The first kappa shape index (κ1) is 14.6. The van der Waals surface area contributed by atoms with E-state index in [0.29, 0.717) is 12.1 Å². The van der Waals surface area contributed by atoms with Gasteiger partial charge < -0.3 is 14.8 Å². The van der Waals surface area contributed by atoms with E-state index < -0.39 is 5.97 Å². The van der Waals surface area contributed by atoms with E-state index in [9.17, 15) is 14.7 Å². The average molecular weight is 290 g/mol. The van der Waals surface area contributed by atoms with E-state index in [1.165, 1.54) is 5.38 Å². The zero-order chi connectivity index (χ0) is 12.0. The van der Waals surface area contributed by atoms with Gasteiger partial charge in [0.25, 0.3) is 5.91 Å². The zero-order valence-corrected chi connectivity index (χ0v) is 14.0. The van der Waals surface area contributed by atoms with Crippen molar-refractivity contribution in [2.45, 2.75) is 37.8 Å². The van der Waals surface area contributed by atoms with Crippen molar-refractivity contribution in [2.75, 3.05) is 0 Å². The van der Waals surface area contributed by atoms with Crippen molar-refractivity contribution in [2.24, 2.45) is 0 Å². The van der Waals surface area contributed by atoms with E-state index >= 15 is 0 Å². The predicted octanol–water partition coefficient (Wildman–Crippen LogP) is -2.72. The van der Waals surface area contributed by atoms with Crippen LogP contribution < -0.4 is 56.5 Å². The molecule has 1 amide bonds. The first-order valence-corrected chi connectivity index (χ1v) is 6.54. The van der Waals surface area contributed by atoms with Crippen molar-refractivity contribution in [1.82, 2.24) is 9.88 Å². The fraction of sp³-hybridized carbons (Fsp3) is 0.545. The molecule has 1 aromatic heterocycles. The molecule has 2 aliphatic heterocycles. The van der Waals surface area contributed by atoms with Crippen LogP contribution in [0.5, 0.6) is 0 Å². The van der Waals surface area contributed by atoms with E-state index in [-0.39, 0.29) is 68.0 Å². The van der Waals surface area contributed by atoms with Gasteiger partial charge in [-0.25, -0.2) is 4.98 Å². The third kappa shape index (κ3) is 2.44. The summed E-state index contributed by atoms with van der Waals surface area (Å²) in [6.07, 6.45) is 4.25. The minimum absolute atomic E-state index is 0. The second kappa shape index (κ2) is 5.68. The summed E-state index contributed by atoms with van der Waals surface area (Å²) < 4.78 is 0. The number of thiazole rings is 1. The molecular weight excluding hydrogens is 279 g/mol. The SMILES string of the molecule is O=C([O-])c1nc(C(=O)N2[C@H]3CC[C@H]2CC3)cs1.[K+]. The van der Waals surface area contributed by atoms with Gasteiger partial charge in [-0.15, -0.1) is 11.3 Å². The number of hydrogen-bond acceptors (Lipinski definition) is 5. The van der Waals surface area contributed by atoms with Gasteiger partial charge in [-0.1, -0.05) is 0 Å². The molecule has 7 heteroatoms. The van der Waals surface area contributed by atoms with Crippen LogP contribution in [0.25, 0.3) is 0 Å². The normalized spacial score (nSPS) is 25.0. The zero-order valence-electron chi connectivity index (χ0n) is 10.1. The van der Waals surface area contributed by atoms with Crippen LogP contribution in [0, 0.1) is 0 Å². The number of carbonyl (C=O) groups excluding carboxylic acids is 2. The Hall–Kier alpha value is 0.206. The molecule has 3 rings (SSSR count). The van der Waals surface area contributed by atoms with Crippen LogP contribution in [-0.2, 0) is 0 Å². The van der Waals surface area contributed by atoms with E-state index in [2.05, 4.69) is 4.98 Å². The molecule has 0 aromatic carbocycles. The Kier molecular flexibility index (Phi) is 4.61. The van der Waals surface area contributed by atoms with E-state index in [4.69, 9.17) is 0 Å². The van der Waals surface area contributed by atoms with E-state index in [1.807, 2.05) is 4.90 Å². The number of amides is 1. The van der Waals surface area contributed by atoms with Gasteiger partial charge in [0, 0.05) is 17.5 Å². The van der Waals surface area contributed by atoms with Gasteiger partial charge in [0.2, 0.25) is 0 Å². The molecule has 2 aliphatic rings. The van der Waals surface area contributed by atoms with Gasteiger partial charge in [-0.2, -0.15) is 0 Å². The summed E-state index contributed by atoms with van der Waals surface area (Å²) in [6, 6.07) is 0.668. The van der Waals surface area contributed by atoms with Crippen LogP contribution in [0.15, 0.2) is 5.38 Å². The number of nitrogens with zero attached hydrogens (tertiary/aromatic N) is 2. The number of rotatable bonds is 2. The van der Waals surface area contributed by atoms with Gasteiger partial charge in [0.15, 0.2) is 0 Å². The first-order valence-electron chi connectivity index (χ1n) is 5.66. The van der Waals surface area contributed by atoms with E-state index in [0.717, 1.165) is 37.0 Å². The molecule has 18 heavy (non-hydrogen) atoms. The Balaban J connectivity index is 0.00000120. The molecule has 90 valence electrons. The molecule has 0 N–H and O–H groups in total. The molecule has 0 saturated carbocycles. The quantitative estimate of drug-likeness (QED) is 0.555. The Morgan fingerprint density at radius 1 is 1.28 bits per heavy atom. The van der Waals surface area contributed by atoms with Crippen LogP contribution in [0.3, 0.4) is 0 Å². The maximum atomic E-state index is 12.2. The van der Waals surface area contributed by atoms with Crippen molar-refractivity contribution in [1.29, 1.82) is 0 Å². The maximum absolute atomic E-state index is 12.2. The predicted molar refractivity (Wildman–Crippen MR) is 58.7 cm³/mol. The molecule has 5 nitrogen and oxygen atoms in total. The largest absolute Gasteiger partial charge is 1.00 e. The number of carboxylic acid groups (broad SMARTS) is 1. The van der Waals surface area contributed by atoms with Gasteiger partial charge in [-0.3, -0.25) is 4.79 Å². The Labute approximate surface area is 151 Å². The number of carbonyl (C=O) groups is 2.